The highest BCUT2D eigenvalue weighted by Crippen LogP contribution is 2.10. The fourth-order valence-electron chi connectivity index (χ4n) is 0.807. The van der Waals surface area contributed by atoms with Gasteiger partial charge in [0, 0.05) is 5.69 Å². The maximum absolute atomic E-state index is 10.9. The van der Waals surface area contributed by atoms with E-state index in [9.17, 15) is 4.79 Å². The number of aryl methyl sites for hydroxylation is 1. The third-order valence-corrected chi connectivity index (χ3v) is 1.33. The predicted octanol–water partition coefficient (Wildman–Crippen LogP) is -1.10. The molecule has 1 amide bonds. The molecule has 6 N–H and O–H groups in total. The minimum absolute atomic E-state index is 0.158. The number of H-pyrrole nitrogens is 1. The van der Waals surface area contributed by atoms with Crippen molar-refractivity contribution in [2.45, 2.75) is 6.92 Å². The zero-order chi connectivity index (χ0) is 8.43. The molecule has 1 heterocycles. The normalized spacial score (nSPS) is 9.64. The summed E-state index contributed by atoms with van der Waals surface area (Å²) in [6, 6.07) is 0. The van der Waals surface area contributed by atoms with Crippen LogP contribution in [-0.2, 0) is 0 Å². The standard InChI is InChI=1S/C5H9N5O/c1-2-3(5(11)8-7)4(6)10-9-2/h7H2,1H3,(H,8,11)(H3,6,9,10). The highest BCUT2D eigenvalue weighted by atomic mass is 16.2. The lowest BCUT2D eigenvalue weighted by molar-refractivity contribution is 0.0954. The van der Waals surface area contributed by atoms with E-state index in [1.807, 2.05) is 5.43 Å². The van der Waals surface area contributed by atoms with Crippen molar-refractivity contribution in [1.82, 2.24) is 15.6 Å². The Bertz CT molecular complexity index is 259. The first-order chi connectivity index (χ1) is 5.16. The summed E-state index contributed by atoms with van der Waals surface area (Å²) in [7, 11) is 0. The van der Waals surface area contributed by atoms with Crippen molar-refractivity contribution in [1.29, 1.82) is 0 Å². The van der Waals surface area contributed by atoms with Crippen LogP contribution < -0.4 is 17.0 Å². The van der Waals surface area contributed by atoms with E-state index in [1.54, 1.807) is 6.92 Å². The summed E-state index contributed by atoms with van der Waals surface area (Å²) in [5.41, 5.74) is 8.23. The van der Waals surface area contributed by atoms with Gasteiger partial charge in [-0.2, -0.15) is 5.10 Å². The molecule has 0 aliphatic carbocycles. The lowest BCUT2D eigenvalue weighted by atomic mass is 10.2. The molecule has 0 unspecified atom stereocenters. The Labute approximate surface area is 62.9 Å². The average molecular weight is 155 g/mol. The quantitative estimate of drug-likeness (QED) is 0.234. The Hall–Kier alpha value is -1.56. The summed E-state index contributed by atoms with van der Waals surface area (Å²) in [5, 5.41) is 6.18. The number of hydrazine groups is 1. The number of carbonyl (C=O) groups excluding carboxylic acids is 1. The molecule has 6 heteroatoms. The first-order valence-corrected chi connectivity index (χ1v) is 2.98. The van der Waals surface area contributed by atoms with Crippen molar-refractivity contribution in [2.75, 3.05) is 5.73 Å². The van der Waals surface area contributed by atoms with E-state index in [0.29, 0.717) is 11.3 Å². The molecule has 0 radical (unpaired) electrons. The summed E-state index contributed by atoms with van der Waals surface area (Å²) in [6.45, 7) is 1.69. The number of aromatic nitrogens is 2. The topological polar surface area (TPSA) is 110 Å². The molecule has 0 spiro atoms. The summed E-state index contributed by atoms with van der Waals surface area (Å²) in [4.78, 5) is 10.9. The highest BCUT2D eigenvalue weighted by Gasteiger charge is 2.13. The van der Waals surface area contributed by atoms with Gasteiger partial charge in [-0.1, -0.05) is 0 Å². The summed E-state index contributed by atoms with van der Waals surface area (Å²) < 4.78 is 0. The van der Waals surface area contributed by atoms with Crippen LogP contribution in [0.25, 0.3) is 0 Å². The molecule has 6 nitrogen and oxygen atoms in total. The number of aromatic amines is 1. The van der Waals surface area contributed by atoms with E-state index >= 15 is 0 Å². The Morgan fingerprint density at radius 2 is 2.36 bits per heavy atom. The monoisotopic (exact) mass is 155 g/mol. The molecule has 0 atom stereocenters. The average Bonchev–Trinajstić information content (AvgIpc) is 2.30. The third kappa shape index (κ3) is 1.15. The molecule has 0 aromatic carbocycles. The highest BCUT2D eigenvalue weighted by molar-refractivity contribution is 5.99. The third-order valence-electron chi connectivity index (χ3n) is 1.33. The van der Waals surface area contributed by atoms with Gasteiger partial charge in [0.15, 0.2) is 5.82 Å². The minimum atomic E-state index is -0.436. The van der Waals surface area contributed by atoms with E-state index in [-0.39, 0.29) is 5.82 Å². The van der Waals surface area contributed by atoms with Crippen molar-refractivity contribution >= 4 is 11.7 Å². The van der Waals surface area contributed by atoms with Crippen molar-refractivity contribution in [3.8, 4) is 0 Å². The molecular formula is C5H9N5O. The fourth-order valence-corrected chi connectivity index (χ4v) is 0.807. The van der Waals surface area contributed by atoms with Crippen LogP contribution in [0.5, 0.6) is 0 Å². The van der Waals surface area contributed by atoms with E-state index in [2.05, 4.69) is 10.2 Å². The number of hydrogen-bond donors (Lipinski definition) is 4. The molecule has 11 heavy (non-hydrogen) atoms. The maximum Gasteiger partial charge on any atom is 0.270 e. The fraction of sp³-hybridized carbons (Fsp3) is 0.200. The number of nitrogens with zero attached hydrogens (tertiary/aromatic N) is 1. The van der Waals surface area contributed by atoms with Gasteiger partial charge in [-0.25, -0.2) is 5.84 Å². The number of nitrogens with two attached hydrogens (primary N) is 2. The molecule has 0 saturated carbocycles. The molecular weight excluding hydrogens is 146 g/mol. The molecule has 1 aromatic heterocycles. The number of nitrogens with one attached hydrogen (secondary N) is 2. The smallest absolute Gasteiger partial charge is 0.270 e. The van der Waals surface area contributed by atoms with Crippen molar-refractivity contribution in [2.24, 2.45) is 5.84 Å². The zero-order valence-corrected chi connectivity index (χ0v) is 6.01. The number of anilines is 1. The first-order valence-electron chi connectivity index (χ1n) is 2.98. The lowest BCUT2D eigenvalue weighted by Gasteiger charge is -1.96. The SMILES string of the molecule is Cc1[nH]nc(N)c1C(=O)NN. The number of nitrogen functional groups attached to an aromatic ring is 2. The number of carbonyl (C=O) groups is 1. The summed E-state index contributed by atoms with van der Waals surface area (Å²) >= 11 is 0. The lowest BCUT2D eigenvalue weighted by Crippen LogP contribution is -2.30. The number of amides is 1. The molecule has 0 saturated heterocycles. The van der Waals surface area contributed by atoms with Crippen molar-refractivity contribution in [3.05, 3.63) is 11.3 Å². The molecule has 0 aliphatic heterocycles. The Morgan fingerprint density at radius 1 is 1.73 bits per heavy atom. The van der Waals surface area contributed by atoms with E-state index < -0.39 is 5.91 Å². The summed E-state index contributed by atoms with van der Waals surface area (Å²) in [6.07, 6.45) is 0. The first kappa shape index (κ1) is 7.55. The van der Waals surface area contributed by atoms with Gasteiger partial charge >= 0.3 is 0 Å². The number of hydrogen-bond acceptors (Lipinski definition) is 4. The van der Waals surface area contributed by atoms with E-state index in [1.165, 1.54) is 0 Å². The second-order valence-corrected chi connectivity index (χ2v) is 2.08. The Kier molecular flexibility index (Phi) is 1.77. The zero-order valence-electron chi connectivity index (χ0n) is 6.01. The molecule has 0 bridgehead atoms. The van der Waals surface area contributed by atoms with Gasteiger partial charge in [-0.15, -0.1) is 0 Å². The molecule has 1 rings (SSSR count). The van der Waals surface area contributed by atoms with Crippen LogP contribution in [0.1, 0.15) is 16.1 Å². The Balaban J connectivity index is 3.10. The van der Waals surface area contributed by atoms with E-state index in [4.69, 9.17) is 11.6 Å². The van der Waals surface area contributed by atoms with Crippen LogP contribution >= 0.6 is 0 Å². The minimum Gasteiger partial charge on any atom is -0.382 e. The predicted molar refractivity (Wildman–Crippen MR) is 39.4 cm³/mol. The van der Waals surface area contributed by atoms with Crippen LogP contribution in [0.2, 0.25) is 0 Å². The second kappa shape index (κ2) is 2.59. The van der Waals surface area contributed by atoms with Gasteiger partial charge in [0.25, 0.3) is 5.91 Å². The van der Waals surface area contributed by atoms with E-state index in [0.717, 1.165) is 0 Å². The molecule has 1 aromatic rings. The summed E-state index contributed by atoms with van der Waals surface area (Å²) in [5.74, 6) is 4.63. The van der Waals surface area contributed by atoms with Crippen LogP contribution in [0.4, 0.5) is 5.82 Å². The largest absolute Gasteiger partial charge is 0.382 e. The molecule has 60 valence electrons. The molecule has 0 aliphatic rings. The second-order valence-electron chi connectivity index (χ2n) is 2.08. The van der Waals surface area contributed by atoms with Crippen LogP contribution in [-0.4, -0.2) is 16.1 Å². The van der Waals surface area contributed by atoms with Gasteiger partial charge in [-0.05, 0) is 6.92 Å². The van der Waals surface area contributed by atoms with Gasteiger partial charge < -0.3 is 5.73 Å². The van der Waals surface area contributed by atoms with Crippen LogP contribution in [0.15, 0.2) is 0 Å². The van der Waals surface area contributed by atoms with Gasteiger partial charge in [0.1, 0.15) is 5.56 Å². The molecule has 0 fully saturated rings. The van der Waals surface area contributed by atoms with Crippen molar-refractivity contribution in [3.63, 3.8) is 0 Å². The van der Waals surface area contributed by atoms with Gasteiger partial charge in [0.05, 0.1) is 0 Å². The Morgan fingerprint density at radius 3 is 2.73 bits per heavy atom. The van der Waals surface area contributed by atoms with Gasteiger partial charge in [0.2, 0.25) is 0 Å². The van der Waals surface area contributed by atoms with Crippen molar-refractivity contribution < 1.29 is 4.79 Å². The van der Waals surface area contributed by atoms with Gasteiger partial charge in [-0.3, -0.25) is 15.3 Å². The van der Waals surface area contributed by atoms with Crippen LogP contribution in [0, 0.1) is 6.92 Å². The number of rotatable bonds is 1. The maximum atomic E-state index is 10.9. The van der Waals surface area contributed by atoms with Crippen LogP contribution in [0.3, 0.4) is 0 Å².